The number of hydroxylamine groups is 2. The number of benzene rings is 2. The first-order chi connectivity index (χ1) is 9.97. The summed E-state index contributed by atoms with van der Waals surface area (Å²) in [6.45, 7) is 4.00. The van der Waals surface area contributed by atoms with E-state index < -0.39 is 11.1 Å². The summed E-state index contributed by atoms with van der Waals surface area (Å²) in [5.74, 6) is 0.226. The molecular weight excluding hydrogens is 262 g/mol. The summed E-state index contributed by atoms with van der Waals surface area (Å²) in [5, 5.41) is 23.8. The molecule has 1 N–H and O–H groups in total. The van der Waals surface area contributed by atoms with Crippen LogP contribution in [0.3, 0.4) is 0 Å². The molecule has 1 aliphatic heterocycles. The van der Waals surface area contributed by atoms with E-state index in [0.717, 1.165) is 24.0 Å². The van der Waals surface area contributed by atoms with Gasteiger partial charge in [-0.3, -0.25) is 0 Å². The van der Waals surface area contributed by atoms with Gasteiger partial charge in [-0.2, -0.15) is 0 Å². The normalized spacial score (nSPS) is 29.7. The van der Waals surface area contributed by atoms with Gasteiger partial charge in [-0.05, 0) is 49.9 Å². The molecule has 3 rings (SSSR count). The molecule has 0 radical (unpaired) electrons. The number of phenols is 1. The molecule has 3 heteroatoms. The van der Waals surface area contributed by atoms with Crippen LogP contribution < -0.4 is 0 Å². The monoisotopic (exact) mass is 282 g/mol. The zero-order valence-corrected chi connectivity index (χ0v) is 12.4. The molecule has 0 bridgehead atoms. The first-order valence-corrected chi connectivity index (χ1v) is 7.29. The maximum atomic E-state index is 13.1. The highest BCUT2D eigenvalue weighted by atomic mass is 16.5. The van der Waals surface area contributed by atoms with Crippen LogP contribution in [0, 0.1) is 5.21 Å². The Kier molecular flexibility index (Phi) is 3.27. The molecule has 3 nitrogen and oxygen atoms in total. The summed E-state index contributed by atoms with van der Waals surface area (Å²) >= 11 is 0. The van der Waals surface area contributed by atoms with Gasteiger partial charge in [0.25, 0.3) is 0 Å². The van der Waals surface area contributed by atoms with Gasteiger partial charge in [0, 0.05) is 11.1 Å². The van der Waals surface area contributed by atoms with Crippen molar-refractivity contribution in [3.05, 3.63) is 70.9 Å². The Morgan fingerprint density at radius 1 is 0.857 bits per heavy atom. The van der Waals surface area contributed by atoms with E-state index in [9.17, 15) is 10.3 Å². The van der Waals surface area contributed by atoms with Crippen molar-refractivity contribution >= 4 is 0 Å². The van der Waals surface area contributed by atoms with Crippen molar-refractivity contribution in [2.24, 2.45) is 0 Å². The first kappa shape index (κ1) is 14.1. The van der Waals surface area contributed by atoms with Crippen LogP contribution in [0.15, 0.2) is 54.6 Å². The Labute approximate surface area is 125 Å². The average molecular weight is 282 g/mol. The highest BCUT2D eigenvalue weighted by Gasteiger charge is 2.46. The van der Waals surface area contributed by atoms with Crippen LogP contribution in [0.5, 0.6) is 5.75 Å². The minimum absolute atomic E-state index is 0.226. The van der Waals surface area contributed by atoms with Crippen molar-refractivity contribution in [2.75, 3.05) is 0 Å². The summed E-state index contributed by atoms with van der Waals surface area (Å²) in [5.41, 5.74) is 0.948. The van der Waals surface area contributed by atoms with Crippen molar-refractivity contribution in [2.45, 2.75) is 37.8 Å². The summed E-state index contributed by atoms with van der Waals surface area (Å²) in [6, 6.07) is 16.9. The summed E-state index contributed by atoms with van der Waals surface area (Å²) in [4.78, 5) is 0. The molecule has 0 aromatic heterocycles. The second-order valence-electron chi connectivity index (χ2n) is 6.25. The third kappa shape index (κ3) is 2.13. The molecule has 110 valence electrons. The van der Waals surface area contributed by atoms with E-state index in [1.807, 2.05) is 56.3 Å². The van der Waals surface area contributed by atoms with Gasteiger partial charge in [0.2, 0.25) is 0 Å². The van der Waals surface area contributed by atoms with Crippen molar-refractivity contribution in [3.63, 3.8) is 0 Å². The molecule has 1 aliphatic rings. The Bertz CT molecular complexity index is 625. The summed E-state index contributed by atoms with van der Waals surface area (Å²) in [7, 11) is 0. The van der Waals surface area contributed by atoms with Crippen LogP contribution in [0.2, 0.25) is 0 Å². The zero-order valence-electron chi connectivity index (χ0n) is 12.4. The van der Waals surface area contributed by atoms with Crippen molar-refractivity contribution in [1.82, 2.24) is 5.06 Å². The molecule has 0 amide bonds. The Morgan fingerprint density at radius 2 is 1.33 bits per heavy atom. The van der Waals surface area contributed by atoms with Gasteiger partial charge in [0.15, 0.2) is 0 Å². The maximum absolute atomic E-state index is 13.1. The molecule has 2 aromatic rings. The molecule has 2 aromatic carbocycles. The van der Waals surface area contributed by atoms with E-state index in [0.29, 0.717) is 0 Å². The van der Waals surface area contributed by atoms with Crippen molar-refractivity contribution < 1.29 is 5.11 Å². The highest BCUT2D eigenvalue weighted by Crippen LogP contribution is 2.51. The average Bonchev–Trinajstić information content (AvgIpc) is 2.76. The molecule has 0 saturated carbocycles. The number of phenolic OH excluding ortho intramolecular Hbond substituents is 1. The van der Waals surface area contributed by atoms with E-state index >= 15 is 0 Å². The largest absolute Gasteiger partial charge is 0.784 e. The van der Waals surface area contributed by atoms with Crippen LogP contribution in [0.4, 0.5) is 0 Å². The van der Waals surface area contributed by atoms with E-state index in [2.05, 4.69) is 0 Å². The van der Waals surface area contributed by atoms with E-state index in [1.54, 1.807) is 12.1 Å². The van der Waals surface area contributed by atoms with Crippen LogP contribution in [0.25, 0.3) is 0 Å². The predicted octanol–water partition coefficient (Wildman–Crippen LogP) is 4.12. The molecule has 0 aliphatic carbocycles. The van der Waals surface area contributed by atoms with Crippen LogP contribution in [0.1, 0.15) is 37.8 Å². The Balaban J connectivity index is 1.99. The second-order valence-corrected chi connectivity index (χ2v) is 6.25. The SMILES string of the molecule is C[C@@]1(c2ccccc2)CC[C@@](C)(c2ccc(O)cc2)N1[O-]. The van der Waals surface area contributed by atoms with Crippen LogP contribution in [-0.4, -0.2) is 10.2 Å². The molecule has 0 spiro atoms. The standard InChI is InChI=1S/C18H20NO2/c1-17(14-6-4-3-5-7-14)12-13-18(2,19(17)21)15-8-10-16(20)11-9-15/h3-11,20H,12-13H2,1-2H3/q-1/t17-,18-/m0/s1. The van der Waals surface area contributed by atoms with Gasteiger partial charge in [0.1, 0.15) is 5.75 Å². The second kappa shape index (κ2) is 4.86. The van der Waals surface area contributed by atoms with E-state index in [-0.39, 0.29) is 5.75 Å². The number of aromatic hydroxyl groups is 1. The van der Waals surface area contributed by atoms with Gasteiger partial charge >= 0.3 is 0 Å². The fraction of sp³-hybridized carbons (Fsp3) is 0.333. The number of hydrogen-bond acceptors (Lipinski definition) is 3. The summed E-state index contributed by atoms with van der Waals surface area (Å²) in [6.07, 6.45) is 1.62. The smallest absolute Gasteiger partial charge is 0.115 e. The fourth-order valence-corrected chi connectivity index (χ4v) is 3.38. The van der Waals surface area contributed by atoms with Crippen molar-refractivity contribution in [1.29, 1.82) is 0 Å². The Morgan fingerprint density at radius 3 is 1.86 bits per heavy atom. The van der Waals surface area contributed by atoms with Crippen LogP contribution in [-0.2, 0) is 11.1 Å². The highest BCUT2D eigenvalue weighted by molar-refractivity contribution is 5.35. The first-order valence-electron chi connectivity index (χ1n) is 7.29. The molecule has 1 saturated heterocycles. The van der Waals surface area contributed by atoms with E-state index in [4.69, 9.17) is 0 Å². The van der Waals surface area contributed by atoms with Gasteiger partial charge in [-0.1, -0.05) is 42.5 Å². The lowest BCUT2D eigenvalue weighted by molar-refractivity contribution is 0.115. The lowest BCUT2D eigenvalue weighted by atomic mass is 9.89. The summed E-state index contributed by atoms with van der Waals surface area (Å²) < 4.78 is 0. The van der Waals surface area contributed by atoms with E-state index in [1.165, 1.54) is 5.06 Å². The quantitative estimate of drug-likeness (QED) is 0.901. The fourth-order valence-electron chi connectivity index (χ4n) is 3.38. The maximum Gasteiger partial charge on any atom is 0.115 e. The Hall–Kier alpha value is -1.84. The number of nitrogens with zero attached hydrogens (tertiary/aromatic N) is 1. The van der Waals surface area contributed by atoms with Gasteiger partial charge in [-0.25, -0.2) is 0 Å². The van der Waals surface area contributed by atoms with Gasteiger partial charge < -0.3 is 15.4 Å². The van der Waals surface area contributed by atoms with Gasteiger partial charge in [-0.15, -0.1) is 0 Å². The van der Waals surface area contributed by atoms with Crippen molar-refractivity contribution in [3.8, 4) is 5.75 Å². The minimum atomic E-state index is -0.557. The molecule has 0 unspecified atom stereocenters. The minimum Gasteiger partial charge on any atom is -0.784 e. The lowest BCUT2D eigenvalue weighted by Crippen LogP contribution is -2.43. The molecule has 21 heavy (non-hydrogen) atoms. The molecule has 2 atom stereocenters. The topological polar surface area (TPSA) is 46.5 Å². The van der Waals surface area contributed by atoms with Crippen LogP contribution >= 0.6 is 0 Å². The third-order valence-electron chi connectivity index (χ3n) is 4.88. The lowest BCUT2D eigenvalue weighted by Gasteiger charge is -2.50. The molecule has 1 heterocycles. The third-order valence-corrected chi connectivity index (χ3v) is 4.88. The number of hydrogen-bond donors (Lipinski definition) is 1. The van der Waals surface area contributed by atoms with Gasteiger partial charge in [0.05, 0.1) is 0 Å². The predicted molar refractivity (Wildman–Crippen MR) is 83.7 cm³/mol. The zero-order chi connectivity index (χ0) is 15.1. The molecular formula is C18H20NO2-. The number of rotatable bonds is 2. The molecule has 1 fully saturated rings.